The van der Waals surface area contributed by atoms with Crippen molar-refractivity contribution in [3.8, 4) is 5.75 Å². The van der Waals surface area contributed by atoms with Crippen LogP contribution in [-0.2, 0) is 16.1 Å². The lowest BCUT2D eigenvalue weighted by Crippen LogP contribution is -2.52. The fourth-order valence-corrected chi connectivity index (χ4v) is 3.88. The second kappa shape index (κ2) is 11.7. The highest BCUT2D eigenvalue weighted by Gasteiger charge is 2.26. The van der Waals surface area contributed by atoms with Crippen molar-refractivity contribution < 1.29 is 24.5 Å². The lowest BCUT2D eigenvalue weighted by atomic mass is 10.0. The number of carbonyl (C=O) groups is 2. The molecule has 0 unspecified atom stereocenters. The van der Waals surface area contributed by atoms with Gasteiger partial charge in [0.15, 0.2) is 0 Å². The summed E-state index contributed by atoms with van der Waals surface area (Å²) < 4.78 is 5.23. The van der Waals surface area contributed by atoms with Crippen LogP contribution in [0.3, 0.4) is 0 Å². The summed E-state index contributed by atoms with van der Waals surface area (Å²) in [6, 6.07) is 9.31. The number of hydrogen-bond donors (Lipinski definition) is 2. The summed E-state index contributed by atoms with van der Waals surface area (Å²) >= 11 is 0. The molecule has 8 nitrogen and oxygen atoms in total. The van der Waals surface area contributed by atoms with Gasteiger partial charge in [0, 0.05) is 38.8 Å². The van der Waals surface area contributed by atoms with Crippen molar-refractivity contribution >= 4 is 11.9 Å². The van der Waals surface area contributed by atoms with Crippen LogP contribution in [0, 0.1) is 0 Å². The highest BCUT2D eigenvalue weighted by molar-refractivity contribution is 6.27. The number of likely N-dealkylation sites (tertiary alicyclic amines) is 1. The van der Waals surface area contributed by atoms with E-state index in [-0.39, 0.29) is 0 Å². The first kappa shape index (κ1) is 23.1. The minimum Gasteiger partial charge on any atom is -0.497 e. The quantitative estimate of drug-likeness (QED) is 0.709. The number of piperazine rings is 1. The fraction of sp³-hybridized carbons (Fsp3) is 0.619. The molecule has 1 aromatic carbocycles. The van der Waals surface area contributed by atoms with Crippen LogP contribution in [0.25, 0.3) is 0 Å². The molecule has 2 N–H and O–H groups in total. The number of carboxylic acid groups (broad SMARTS) is 2. The van der Waals surface area contributed by atoms with Crippen LogP contribution in [0.1, 0.15) is 25.3 Å². The Morgan fingerprint density at radius 1 is 0.931 bits per heavy atom. The molecule has 2 heterocycles. The van der Waals surface area contributed by atoms with Crippen LogP contribution in [-0.4, -0.2) is 95.8 Å². The highest BCUT2D eigenvalue weighted by atomic mass is 16.5. The predicted molar refractivity (Wildman–Crippen MR) is 110 cm³/mol. The zero-order chi connectivity index (χ0) is 21.2. The number of piperidine rings is 1. The van der Waals surface area contributed by atoms with Crippen molar-refractivity contribution in [2.45, 2.75) is 32.4 Å². The Morgan fingerprint density at radius 2 is 1.48 bits per heavy atom. The molecule has 0 spiro atoms. The van der Waals surface area contributed by atoms with Gasteiger partial charge in [-0.15, -0.1) is 0 Å². The monoisotopic (exact) mass is 407 g/mol. The Kier molecular flexibility index (Phi) is 9.37. The summed E-state index contributed by atoms with van der Waals surface area (Å²) in [5.41, 5.74) is 1.39. The van der Waals surface area contributed by atoms with Crippen LogP contribution in [0.15, 0.2) is 24.3 Å². The van der Waals surface area contributed by atoms with E-state index in [1.165, 1.54) is 64.2 Å². The van der Waals surface area contributed by atoms with E-state index < -0.39 is 11.9 Å². The van der Waals surface area contributed by atoms with Gasteiger partial charge in [0.05, 0.1) is 7.11 Å². The molecule has 0 radical (unpaired) electrons. The molecule has 2 aliphatic heterocycles. The maximum Gasteiger partial charge on any atom is 0.414 e. The van der Waals surface area contributed by atoms with E-state index in [4.69, 9.17) is 24.5 Å². The van der Waals surface area contributed by atoms with Gasteiger partial charge in [0.1, 0.15) is 5.75 Å². The fourth-order valence-electron chi connectivity index (χ4n) is 3.88. The number of benzene rings is 1. The molecule has 162 valence electrons. The number of rotatable bonds is 5. The number of nitrogens with zero attached hydrogens (tertiary/aromatic N) is 3. The van der Waals surface area contributed by atoms with E-state index in [9.17, 15) is 0 Å². The van der Waals surface area contributed by atoms with Gasteiger partial charge in [0.25, 0.3) is 0 Å². The number of aliphatic carboxylic acids is 2. The first-order chi connectivity index (χ1) is 13.9. The molecular formula is C21H33N3O5. The van der Waals surface area contributed by atoms with Crippen molar-refractivity contribution in [3.63, 3.8) is 0 Å². The van der Waals surface area contributed by atoms with Gasteiger partial charge in [-0.25, -0.2) is 9.59 Å². The number of likely N-dealkylation sites (N-methyl/N-ethyl adjacent to an activating group) is 1. The number of carboxylic acids is 2. The molecule has 8 heteroatoms. The van der Waals surface area contributed by atoms with E-state index in [1.807, 2.05) is 0 Å². The Labute approximate surface area is 172 Å². The van der Waals surface area contributed by atoms with Gasteiger partial charge in [-0.05, 0) is 50.2 Å². The van der Waals surface area contributed by atoms with Gasteiger partial charge < -0.3 is 19.8 Å². The zero-order valence-corrected chi connectivity index (χ0v) is 17.4. The Morgan fingerprint density at radius 3 is 1.93 bits per heavy atom. The average molecular weight is 408 g/mol. The van der Waals surface area contributed by atoms with Crippen molar-refractivity contribution in [3.05, 3.63) is 29.8 Å². The molecule has 29 heavy (non-hydrogen) atoms. The van der Waals surface area contributed by atoms with Gasteiger partial charge >= 0.3 is 11.9 Å². The third-order valence-electron chi connectivity index (χ3n) is 5.68. The summed E-state index contributed by atoms with van der Waals surface area (Å²) in [4.78, 5) is 26.1. The van der Waals surface area contributed by atoms with Crippen molar-refractivity contribution in [1.29, 1.82) is 0 Å². The van der Waals surface area contributed by atoms with Gasteiger partial charge in [-0.2, -0.15) is 0 Å². The van der Waals surface area contributed by atoms with Gasteiger partial charge in [-0.3, -0.25) is 9.80 Å². The molecule has 2 saturated heterocycles. The smallest absolute Gasteiger partial charge is 0.414 e. The first-order valence-corrected chi connectivity index (χ1v) is 10.2. The number of ether oxygens (including phenoxy) is 1. The third-order valence-corrected chi connectivity index (χ3v) is 5.68. The molecule has 0 aromatic heterocycles. The summed E-state index contributed by atoms with van der Waals surface area (Å²) in [6.07, 6.45) is 2.64. The van der Waals surface area contributed by atoms with Gasteiger partial charge in [0.2, 0.25) is 0 Å². The molecule has 0 atom stereocenters. The van der Waals surface area contributed by atoms with Crippen LogP contribution in [0.5, 0.6) is 5.75 Å². The van der Waals surface area contributed by atoms with Crippen LogP contribution in [0.4, 0.5) is 0 Å². The molecule has 2 aliphatic rings. The van der Waals surface area contributed by atoms with Crippen molar-refractivity contribution in [2.24, 2.45) is 0 Å². The molecule has 3 rings (SSSR count). The molecule has 0 aliphatic carbocycles. The topological polar surface area (TPSA) is 93.5 Å². The molecule has 0 saturated carbocycles. The Bertz CT molecular complexity index is 624. The predicted octanol–water partition coefficient (Wildman–Crippen LogP) is 1.45. The largest absolute Gasteiger partial charge is 0.497 e. The van der Waals surface area contributed by atoms with Gasteiger partial charge in [-0.1, -0.05) is 19.1 Å². The molecule has 0 amide bonds. The highest BCUT2D eigenvalue weighted by Crippen LogP contribution is 2.20. The summed E-state index contributed by atoms with van der Waals surface area (Å²) in [7, 11) is 1.72. The minimum atomic E-state index is -1.82. The minimum absolute atomic E-state index is 0.807. The first-order valence-electron chi connectivity index (χ1n) is 10.2. The summed E-state index contributed by atoms with van der Waals surface area (Å²) in [5, 5.41) is 14.8. The van der Waals surface area contributed by atoms with Crippen molar-refractivity contribution in [2.75, 3.05) is 52.9 Å². The van der Waals surface area contributed by atoms with Crippen LogP contribution in [0.2, 0.25) is 0 Å². The molecule has 0 bridgehead atoms. The normalized spacial score (nSPS) is 19.2. The average Bonchev–Trinajstić information content (AvgIpc) is 2.75. The Balaban J connectivity index is 0.000000438. The second-order valence-electron chi connectivity index (χ2n) is 7.44. The SMILES string of the molecule is CCN1CCN(C2CCN(Cc3ccc(OC)cc3)CC2)CC1.O=C(O)C(=O)O. The lowest BCUT2D eigenvalue weighted by molar-refractivity contribution is -0.159. The van der Waals surface area contributed by atoms with E-state index in [1.54, 1.807) is 7.11 Å². The van der Waals surface area contributed by atoms with Crippen molar-refractivity contribution in [1.82, 2.24) is 14.7 Å². The van der Waals surface area contributed by atoms with Crippen LogP contribution >= 0.6 is 0 Å². The maximum atomic E-state index is 9.10. The summed E-state index contributed by atoms with van der Waals surface area (Å²) in [6.45, 7) is 12.0. The summed E-state index contributed by atoms with van der Waals surface area (Å²) in [5.74, 6) is -2.70. The van der Waals surface area contributed by atoms with E-state index in [0.29, 0.717) is 0 Å². The Hall–Kier alpha value is -2.16. The third kappa shape index (κ3) is 7.64. The van der Waals surface area contributed by atoms with E-state index in [2.05, 4.69) is 45.9 Å². The lowest BCUT2D eigenvalue weighted by Gasteiger charge is -2.42. The molecule has 2 fully saturated rings. The number of hydrogen-bond acceptors (Lipinski definition) is 6. The zero-order valence-electron chi connectivity index (χ0n) is 17.4. The molecule has 1 aromatic rings. The maximum absolute atomic E-state index is 9.10. The van der Waals surface area contributed by atoms with Crippen LogP contribution < -0.4 is 4.74 Å². The number of methoxy groups -OCH3 is 1. The molecular weight excluding hydrogens is 374 g/mol. The van der Waals surface area contributed by atoms with E-state index in [0.717, 1.165) is 18.3 Å². The second-order valence-corrected chi connectivity index (χ2v) is 7.44. The standard InChI is InChI=1S/C19H31N3O.C2H2O4/c1-3-20-12-14-22(15-13-20)18-8-10-21(11-9-18)16-17-4-6-19(23-2)7-5-17;3-1(4)2(5)6/h4-7,18H,3,8-16H2,1-2H3;(H,3,4)(H,5,6). The van der Waals surface area contributed by atoms with E-state index >= 15 is 0 Å².